The van der Waals surface area contributed by atoms with E-state index in [1.807, 2.05) is 13.8 Å². The van der Waals surface area contributed by atoms with Crippen molar-refractivity contribution in [1.29, 1.82) is 0 Å². The van der Waals surface area contributed by atoms with Crippen LogP contribution in [-0.2, 0) is 6.42 Å². The Labute approximate surface area is 107 Å². The molecule has 0 radical (unpaired) electrons. The molecule has 5 heteroatoms. The third-order valence-electron chi connectivity index (χ3n) is 3.30. The molecule has 0 spiro atoms. The summed E-state index contributed by atoms with van der Waals surface area (Å²) in [5.74, 6) is 0.495. The lowest BCUT2D eigenvalue weighted by Crippen LogP contribution is -2.39. The Balaban J connectivity index is 2.00. The average Bonchev–Trinajstić information content (AvgIpc) is 3.19. The Kier molecular flexibility index (Phi) is 3.91. The van der Waals surface area contributed by atoms with Crippen LogP contribution in [-0.4, -0.2) is 28.7 Å². The van der Waals surface area contributed by atoms with Gasteiger partial charge in [-0.05, 0) is 38.2 Å². The summed E-state index contributed by atoms with van der Waals surface area (Å²) in [7, 11) is 0. The van der Waals surface area contributed by atoms with Gasteiger partial charge in [0.15, 0.2) is 0 Å². The molecule has 5 nitrogen and oxygen atoms in total. The van der Waals surface area contributed by atoms with Crippen LogP contribution in [0.25, 0.3) is 0 Å². The maximum absolute atomic E-state index is 12.1. The predicted octanol–water partition coefficient (Wildman–Crippen LogP) is 0.815. The van der Waals surface area contributed by atoms with Crippen molar-refractivity contribution >= 4 is 5.91 Å². The van der Waals surface area contributed by atoms with E-state index in [2.05, 4.69) is 15.5 Å². The first-order valence-corrected chi connectivity index (χ1v) is 6.48. The molecule has 1 aliphatic rings. The number of amides is 1. The van der Waals surface area contributed by atoms with Gasteiger partial charge in [0.1, 0.15) is 0 Å². The Morgan fingerprint density at radius 3 is 2.89 bits per heavy atom. The van der Waals surface area contributed by atoms with E-state index in [0.717, 1.165) is 11.4 Å². The number of nitrogens with zero attached hydrogens (tertiary/aromatic N) is 2. The molecule has 1 atom stereocenters. The molecule has 0 aliphatic heterocycles. The van der Waals surface area contributed by atoms with Crippen molar-refractivity contribution in [3.05, 3.63) is 23.0 Å². The van der Waals surface area contributed by atoms with Gasteiger partial charge >= 0.3 is 0 Å². The first-order chi connectivity index (χ1) is 8.61. The third-order valence-corrected chi connectivity index (χ3v) is 3.30. The summed E-state index contributed by atoms with van der Waals surface area (Å²) in [6, 6.07) is 1.86. The van der Waals surface area contributed by atoms with Gasteiger partial charge in [-0.3, -0.25) is 4.79 Å². The van der Waals surface area contributed by atoms with Crippen LogP contribution >= 0.6 is 0 Å². The highest BCUT2D eigenvalue weighted by molar-refractivity contribution is 5.95. The van der Waals surface area contributed by atoms with Crippen molar-refractivity contribution in [3.8, 4) is 0 Å². The topological polar surface area (TPSA) is 80.9 Å². The van der Waals surface area contributed by atoms with Gasteiger partial charge in [0, 0.05) is 12.6 Å². The molecule has 1 saturated carbocycles. The van der Waals surface area contributed by atoms with Gasteiger partial charge in [-0.25, -0.2) is 0 Å². The van der Waals surface area contributed by atoms with Gasteiger partial charge in [0.2, 0.25) is 0 Å². The smallest absolute Gasteiger partial charge is 0.253 e. The molecule has 1 fully saturated rings. The number of aryl methyl sites for hydroxylation is 2. The zero-order chi connectivity index (χ0) is 13.1. The number of hydrogen-bond donors (Lipinski definition) is 2. The molecule has 18 heavy (non-hydrogen) atoms. The van der Waals surface area contributed by atoms with E-state index in [4.69, 9.17) is 5.73 Å². The normalized spacial score (nSPS) is 16.4. The zero-order valence-electron chi connectivity index (χ0n) is 10.9. The lowest BCUT2D eigenvalue weighted by molar-refractivity contribution is 0.0948. The van der Waals surface area contributed by atoms with Gasteiger partial charge in [-0.15, -0.1) is 0 Å². The summed E-state index contributed by atoms with van der Waals surface area (Å²) < 4.78 is 0. The molecule has 98 valence electrons. The number of hydrogen-bond acceptors (Lipinski definition) is 4. The Morgan fingerprint density at radius 1 is 1.56 bits per heavy atom. The summed E-state index contributed by atoms with van der Waals surface area (Å²) in [5.41, 5.74) is 8.07. The molecule has 1 unspecified atom stereocenters. The van der Waals surface area contributed by atoms with Crippen molar-refractivity contribution in [2.24, 2.45) is 11.7 Å². The molecule has 1 aromatic rings. The van der Waals surface area contributed by atoms with Crippen LogP contribution in [0, 0.1) is 12.8 Å². The van der Waals surface area contributed by atoms with E-state index >= 15 is 0 Å². The van der Waals surface area contributed by atoms with E-state index in [1.54, 1.807) is 6.07 Å². The van der Waals surface area contributed by atoms with E-state index in [0.29, 0.717) is 24.4 Å². The number of aromatic nitrogens is 2. The van der Waals surface area contributed by atoms with E-state index in [9.17, 15) is 4.79 Å². The second-order valence-corrected chi connectivity index (χ2v) is 4.91. The number of rotatable bonds is 5. The molecule has 1 heterocycles. The molecular formula is C13H20N4O. The van der Waals surface area contributed by atoms with Gasteiger partial charge in [-0.2, -0.15) is 10.2 Å². The second-order valence-electron chi connectivity index (χ2n) is 4.91. The van der Waals surface area contributed by atoms with Gasteiger partial charge < -0.3 is 11.1 Å². The molecule has 1 aliphatic carbocycles. The Bertz CT molecular complexity index is 443. The average molecular weight is 248 g/mol. The maximum atomic E-state index is 12.1. The molecule has 1 amide bonds. The minimum atomic E-state index is -0.0963. The van der Waals surface area contributed by atoms with Crippen LogP contribution in [0.15, 0.2) is 6.07 Å². The molecule has 3 N–H and O–H groups in total. The fraction of sp³-hybridized carbons (Fsp3) is 0.615. The monoisotopic (exact) mass is 248 g/mol. The highest BCUT2D eigenvalue weighted by atomic mass is 16.1. The van der Waals surface area contributed by atoms with Crippen molar-refractivity contribution in [3.63, 3.8) is 0 Å². The molecule has 1 aromatic heterocycles. The Morgan fingerprint density at radius 2 is 2.28 bits per heavy atom. The van der Waals surface area contributed by atoms with Crippen LogP contribution < -0.4 is 11.1 Å². The lowest BCUT2D eigenvalue weighted by Gasteiger charge is -2.12. The van der Waals surface area contributed by atoms with E-state index in [-0.39, 0.29) is 11.9 Å². The number of carbonyl (C=O) groups is 1. The fourth-order valence-corrected chi connectivity index (χ4v) is 1.97. The summed E-state index contributed by atoms with van der Waals surface area (Å²) >= 11 is 0. The SMILES string of the molecule is CCc1nnc(C)cc1C(=O)NCC(N)C1CC1. The molecule has 0 bridgehead atoms. The summed E-state index contributed by atoms with van der Waals surface area (Å²) in [6.07, 6.45) is 3.07. The largest absolute Gasteiger partial charge is 0.350 e. The van der Waals surface area contributed by atoms with Crippen LogP contribution in [0.1, 0.15) is 41.5 Å². The number of nitrogens with one attached hydrogen (secondary N) is 1. The quantitative estimate of drug-likeness (QED) is 0.808. The maximum Gasteiger partial charge on any atom is 0.253 e. The van der Waals surface area contributed by atoms with Gasteiger partial charge in [0.05, 0.1) is 17.0 Å². The summed E-state index contributed by atoms with van der Waals surface area (Å²) in [4.78, 5) is 12.1. The predicted molar refractivity (Wildman–Crippen MR) is 69.2 cm³/mol. The van der Waals surface area contributed by atoms with Crippen molar-refractivity contribution in [2.45, 2.75) is 39.2 Å². The van der Waals surface area contributed by atoms with Crippen LogP contribution in [0.5, 0.6) is 0 Å². The van der Waals surface area contributed by atoms with E-state index in [1.165, 1.54) is 12.8 Å². The summed E-state index contributed by atoms with van der Waals surface area (Å²) in [5, 5.41) is 10.9. The fourth-order valence-electron chi connectivity index (χ4n) is 1.97. The molecule has 0 aromatic carbocycles. The molecule has 2 rings (SSSR count). The summed E-state index contributed by atoms with van der Waals surface area (Å²) in [6.45, 7) is 4.33. The lowest BCUT2D eigenvalue weighted by atomic mass is 10.1. The second kappa shape index (κ2) is 5.44. The highest BCUT2D eigenvalue weighted by Gasteiger charge is 2.28. The molecule has 0 saturated heterocycles. The standard InChI is InChI=1S/C13H20N4O/c1-3-12-10(6-8(2)16-17-12)13(18)15-7-11(14)9-4-5-9/h6,9,11H,3-5,7,14H2,1-2H3,(H,15,18). The van der Waals surface area contributed by atoms with Crippen LogP contribution in [0.4, 0.5) is 0 Å². The zero-order valence-corrected chi connectivity index (χ0v) is 10.9. The molecular weight excluding hydrogens is 228 g/mol. The van der Waals surface area contributed by atoms with Crippen LogP contribution in [0.2, 0.25) is 0 Å². The number of nitrogens with two attached hydrogens (primary N) is 1. The first-order valence-electron chi connectivity index (χ1n) is 6.48. The number of carbonyl (C=O) groups excluding carboxylic acids is 1. The van der Waals surface area contributed by atoms with Crippen LogP contribution in [0.3, 0.4) is 0 Å². The van der Waals surface area contributed by atoms with Crippen molar-refractivity contribution in [2.75, 3.05) is 6.54 Å². The third kappa shape index (κ3) is 3.04. The highest BCUT2D eigenvalue weighted by Crippen LogP contribution is 2.31. The Hall–Kier alpha value is -1.49. The van der Waals surface area contributed by atoms with E-state index < -0.39 is 0 Å². The minimum absolute atomic E-state index is 0.0786. The van der Waals surface area contributed by atoms with Crippen molar-refractivity contribution in [1.82, 2.24) is 15.5 Å². The van der Waals surface area contributed by atoms with Gasteiger partial charge in [0.25, 0.3) is 5.91 Å². The van der Waals surface area contributed by atoms with Crippen molar-refractivity contribution < 1.29 is 4.79 Å². The first kappa shape index (κ1) is 13.0. The van der Waals surface area contributed by atoms with Gasteiger partial charge in [-0.1, -0.05) is 6.92 Å². The minimum Gasteiger partial charge on any atom is -0.350 e.